The number of benzene rings is 2. The summed E-state index contributed by atoms with van der Waals surface area (Å²) in [4.78, 5) is 0. The van der Waals surface area contributed by atoms with Crippen LogP contribution in [-0.4, -0.2) is 77.3 Å². The topological polar surface area (TPSA) is 87.0 Å². The molecule has 4 heterocycles. The first kappa shape index (κ1) is 20.1. The molecule has 0 saturated carbocycles. The summed E-state index contributed by atoms with van der Waals surface area (Å²) in [5, 5.41) is 0. The van der Waals surface area contributed by atoms with E-state index in [9.17, 15) is 0 Å². The molecule has 4 atom stereocenters. The van der Waals surface area contributed by atoms with Gasteiger partial charge in [-0.3, -0.25) is 0 Å². The summed E-state index contributed by atoms with van der Waals surface area (Å²) in [6.07, 6.45) is 0.387. The summed E-state index contributed by atoms with van der Waals surface area (Å²) in [7, 11) is 0. The van der Waals surface area contributed by atoms with Gasteiger partial charge >= 0.3 is 0 Å². The van der Waals surface area contributed by atoms with E-state index in [0.717, 1.165) is 11.1 Å². The summed E-state index contributed by atoms with van der Waals surface area (Å²) in [6, 6.07) is 12.0. The van der Waals surface area contributed by atoms with Crippen molar-refractivity contribution in [1.82, 2.24) is 0 Å². The Bertz CT molecular complexity index is 933. The largest absolute Gasteiger partial charge is 0.487 e. The van der Waals surface area contributed by atoms with Crippen LogP contribution >= 0.6 is 0 Å². The highest BCUT2D eigenvalue weighted by Gasteiger charge is 2.33. The maximum atomic E-state index is 6.27. The van der Waals surface area contributed by atoms with E-state index in [0.29, 0.717) is 75.9 Å². The molecular formula is C24H26O8. The quantitative estimate of drug-likeness (QED) is 0.437. The van der Waals surface area contributed by atoms with Gasteiger partial charge in [0.1, 0.15) is 50.8 Å². The smallest absolute Gasteiger partial charge is 0.208 e. The van der Waals surface area contributed by atoms with Crippen molar-refractivity contribution in [2.75, 3.05) is 52.9 Å². The first-order valence-electron chi connectivity index (χ1n) is 11.1. The Labute approximate surface area is 186 Å². The Morgan fingerprint density at radius 3 is 1.59 bits per heavy atom. The Balaban J connectivity index is 1.41. The van der Waals surface area contributed by atoms with Gasteiger partial charge in [0.25, 0.3) is 0 Å². The molecule has 0 aromatic heterocycles. The molecule has 4 fully saturated rings. The van der Waals surface area contributed by atoms with Crippen LogP contribution in [-0.2, 0) is 18.9 Å². The molecule has 2 aromatic carbocycles. The van der Waals surface area contributed by atoms with Crippen LogP contribution in [0.4, 0.5) is 0 Å². The van der Waals surface area contributed by atoms with Crippen molar-refractivity contribution in [3.05, 3.63) is 36.4 Å². The lowest BCUT2D eigenvalue weighted by molar-refractivity contribution is 0.196. The number of rotatable bonds is 13. The first-order valence-corrected chi connectivity index (χ1v) is 11.1. The molecule has 0 amide bonds. The summed E-state index contributed by atoms with van der Waals surface area (Å²) < 4.78 is 46.3. The molecule has 4 aliphatic heterocycles. The van der Waals surface area contributed by atoms with Gasteiger partial charge in [-0.15, -0.1) is 0 Å². The lowest BCUT2D eigenvalue weighted by atomic mass is 10.0. The van der Waals surface area contributed by atoms with Gasteiger partial charge in [-0.05, 0) is 11.6 Å². The van der Waals surface area contributed by atoms with Crippen molar-refractivity contribution in [1.29, 1.82) is 0 Å². The fourth-order valence-corrected chi connectivity index (χ4v) is 3.32. The second kappa shape index (κ2) is 8.78. The molecule has 4 aliphatic rings. The molecule has 0 aliphatic carbocycles. The SMILES string of the molecule is c1ccc(-c2cc(OCC3CO3)c(OCC3CO3)c(OCC3CO3)c2OCC2CO2)cc1. The zero-order valence-corrected chi connectivity index (χ0v) is 17.7. The predicted molar refractivity (Wildman–Crippen MR) is 113 cm³/mol. The normalized spacial score (nSPS) is 26.9. The highest BCUT2D eigenvalue weighted by molar-refractivity contribution is 5.79. The van der Waals surface area contributed by atoms with E-state index in [-0.39, 0.29) is 24.4 Å². The van der Waals surface area contributed by atoms with E-state index in [1.807, 2.05) is 36.4 Å². The lowest BCUT2D eigenvalue weighted by Gasteiger charge is -2.22. The Morgan fingerprint density at radius 1 is 0.594 bits per heavy atom. The van der Waals surface area contributed by atoms with Crippen molar-refractivity contribution in [3.8, 4) is 34.1 Å². The van der Waals surface area contributed by atoms with Crippen molar-refractivity contribution in [2.45, 2.75) is 24.4 Å². The number of epoxide rings is 4. The standard InChI is InChI=1S/C24H26O8/c1-2-4-15(5-3-1)20-6-21(29-11-16-7-25-16)23(31-13-18-9-27-18)24(32-14-19-10-28-19)22(20)30-12-17-8-26-17/h1-6,16-19H,7-14H2. The third kappa shape index (κ3) is 5.10. The molecule has 4 saturated heterocycles. The van der Waals surface area contributed by atoms with Gasteiger partial charge in [-0.2, -0.15) is 0 Å². The minimum atomic E-state index is 0.0823. The van der Waals surface area contributed by atoms with E-state index in [4.69, 9.17) is 37.9 Å². The lowest BCUT2D eigenvalue weighted by Crippen LogP contribution is -2.14. The Kier molecular flexibility index (Phi) is 5.52. The van der Waals surface area contributed by atoms with Crippen LogP contribution in [0.5, 0.6) is 23.0 Å². The molecule has 8 heteroatoms. The minimum absolute atomic E-state index is 0.0823. The van der Waals surface area contributed by atoms with Crippen LogP contribution < -0.4 is 18.9 Å². The molecule has 2 aromatic rings. The fraction of sp³-hybridized carbons (Fsp3) is 0.500. The maximum absolute atomic E-state index is 6.27. The van der Waals surface area contributed by atoms with Gasteiger partial charge in [0.2, 0.25) is 11.5 Å². The third-order valence-electron chi connectivity index (χ3n) is 5.52. The average Bonchev–Trinajstić information content (AvgIpc) is 3.65. The summed E-state index contributed by atoms with van der Waals surface area (Å²) in [5.74, 6) is 2.26. The van der Waals surface area contributed by atoms with Crippen LogP contribution in [0.2, 0.25) is 0 Å². The van der Waals surface area contributed by atoms with Crippen molar-refractivity contribution < 1.29 is 37.9 Å². The molecule has 6 rings (SSSR count). The summed E-state index contributed by atoms with van der Waals surface area (Å²) in [5.41, 5.74) is 1.87. The highest BCUT2D eigenvalue weighted by Crippen LogP contribution is 2.51. The third-order valence-corrected chi connectivity index (χ3v) is 5.52. The van der Waals surface area contributed by atoms with Crippen LogP contribution in [0.3, 0.4) is 0 Å². The van der Waals surface area contributed by atoms with Gasteiger partial charge in [-0.25, -0.2) is 0 Å². The van der Waals surface area contributed by atoms with Gasteiger partial charge in [-0.1, -0.05) is 30.3 Å². The maximum Gasteiger partial charge on any atom is 0.208 e. The number of hydrogen-bond acceptors (Lipinski definition) is 8. The van der Waals surface area contributed by atoms with Crippen LogP contribution in [0, 0.1) is 0 Å². The monoisotopic (exact) mass is 442 g/mol. The summed E-state index contributed by atoms with van der Waals surface area (Å²) in [6.45, 7) is 4.53. The van der Waals surface area contributed by atoms with E-state index in [2.05, 4.69) is 0 Å². The number of hydrogen-bond donors (Lipinski definition) is 0. The molecule has 0 radical (unpaired) electrons. The van der Waals surface area contributed by atoms with Crippen molar-refractivity contribution in [3.63, 3.8) is 0 Å². The molecule has 0 bridgehead atoms. The molecule has 8 nitrogen and oxygen atoms in total. The van der Waals surface area contributed by atoms with Crippen LogP contribution in [0.1, 0.15) is 0 Å². The van der Waals surface area contributed by atoms with Gasteiger partial charge in [0.15, 0.2) is 11.5 Å². The van der Waals surface area contributed by atoms with Gasteiger partial charge in [0, 0.05) is 5.56 Å². The minimum Gasteiger partial charge on any atom is -0.487 e. The zero-order valence-electron chi connectivity index (χ0n) is 17.7. The van der Waals surface area contributed by atoms with Gasteiger partial charge < -0.3 is 37.9 Å². The van der Waals surface area contributed by atoms with E-state index < -0.39 is 0 Å². The second-order valence-electron chi connectivity index (χ2n) is 8.34. The van der Waals surface area contributed by atoms with E-state index in [1.54, 1.807) is 0 Å². The molecule has 4 unspecified atom stereocenters. The molecule has 0 N–H and O–H groups in total. The Morgan fingerprint density at radius 2 is 1.06 bits per heavy atom. The predicted octanol–water partition coefficient (Wildman–Crippen LogP) is 2.46. The van der Waals surface area contributed by atoms with Gasteiger partial charge in [0.05, 0.1) is 26.4 Å². The summed E-state index contributed by atoms with van der Waals surface area (Å²) >= 11 is 0. The van der Waals surface area contributed by atoms with E-state index in [1.165, 1.54) is 0 Å². The molecule has 32 heavy (non-hydrogen) atoms. The van der Waals surface area contributed by atoms with Crippen LogP contribution in [0.15, 0.2) is 36.4 Å². The zero-order chi connectivity index (χ0) is 21.3. The Hall–Kier alpha value is -2.52. The highest BCUT2D eigenvalue weighted by atomic mass is 16.6. The van der Waals surface area contributed by atoms with E-state index >= 15 is 0 Å². The van der Waals surface area contributed by atoms with Crippen molar-refractivity contribution in [2.24, 2.45) is 0 Å². The first-order chi connectivity index (χ1) is 15.8. The average molecular weight is 442 g/mol. The second-order valence-corrected chi connectivity index (χ2v) is 8.34. The molecular weight excluding hydrogens is 416 g/mol. The molecule has 170 valence electrons. The fourth-order valence-electron chi connectivity index (χ4n) is 3.32. The van der Waals surface area contributed by atoms with Crippen molar-refractivity contribution >= 4 is 0 Å². The number of ether oxygens (including phenoxy) is 8. The van der Waals surface area contributed by atoms with Crippen LogP contribution in [0.25, 0.3) is 11.1 Å². The molecule has 0 spiro atoms.